The molecule has 0 aliphatic carbocycles. The molecule has 1 aromatic heterocycles. The lowest BCUT2D eigenvalue weighted by Gasteiger charge is -2.21. The Bertz CT molecular complexity index is 941. The number of anilines is 2. The van der Waals surface area contributed by atoms with E-state index in [0.29, 0.717) is 22.8 Å². The first kappa shape index (κ1) is 19.2. The van der Waals surface area contributed by atoms with E-state index in [2.05, 4.69) is 14.7 Å². The zero-order chi connectivity index (χ0) is 19.6. The maximum absolute atomic E-state index is 13.0. The Morgan fingerprint density at radius 3 is 2.41 bits per heavy atom. The highest BCUT2D eigenvalue weighted by molar-refractivity contribution is 7.92. The summed E-state index contributed by atoms with van der Waals surface area (Å²) in [5.74, 6) is 1.18. The van der Waals surface area contributed by atoms with Crippen molar-refractivity contribution >= 4 is 21.5 Å². The van der Waals surface area contributed by atoms with Crippen LogP contribution in [-0.2, 0) is 10.0 Å². The number of sulfonamides is 1. The van der Waals surface area contributed by atoms with Crippen LogP contribution in [0.4, 0.5) is 11.5 Å². The Hall–Kier alpha value is -2.55. The first-order valence-corrected chi connectivity index (χ1v) is 10.2. The fraction of sp³-hybridized carbons (Fsp3) is 0.444. The molecule has 3 rings (SSSR count). The molecule has 27 heavy (non-hydrogen) atoms. The molecule has 0 amide bonds. The Balaban J connectivity index is 2.00. The standard InChI is InChI=1S/C18H24N4O4S/c1-12-13(2)16(8-7-15(12)25-3)27(23,24)21-14-11-19-18(26-4)20-17(14)22-9-5-6-10-22/h7-8,11,21H,5-6,9-10H2,1-4H3. The number of hydrogen-bond acceptors (Lipinski definition) is 7. The molecule has 0 radical (unpaired) electrons. The van der Waals surface area contributed by atoms with Crippen LogP contribution >= 0.6 is 0 Å². The van der Waals surface area contributed by atoms with E-state index in [0.717, 1.165) is 31.5 Å². The molecule has 1 fully saturated rings. The number of nitrogens with zero attached hydrogens (tertiary/aromatic N) is 3. The van der Waals surface area contributed by atoms with Gasteiger partial charge < -0.3 is 14.4 Å². The van der Waals surface area contributed by atoms with Gasteiger partial charge in [-0.3, -0.25) is 4.72 Å². The van der Waals surface area contributed by atoms with Gasteiger partial charge in [0.05, 0.1) is 25.3 Å². The van der Waals surface area contributed by atoms with Crippen molar-refractivity contribution in [1.82, 2.24) is 9.97 Å². The summed E-state index contributed by atoms with van der Waals surface area (Å²) in [5, 5.41) is 0. The number of nitrogens with one attached hydrogen (secondary N) is 1. The molecule has 0 bridgehead atoms. The molecule has 1 aromatic carbocycles. The Morgan fingerprint density at radius 1 is 1.07 bits per heavy atom. The zero-order valence-electron chi connectivity index (χ0n) is 15.9. The molecule has 0 unspecified atom stereocenters. The fourth-order valence-electron chi connectivity index (χ4n) is 3.18. The van der Waals surface area contributed by atoms with Crippen molar-refractivity contribution in [2.75, 3.05) is 36.9 Å². The highest BCUT2D eigenvalue weighted by Gasteiger charge is 2.25. The van der Waals surface area contributed by atoms with Gasteiger partial charge in [0.15, 0.2) is 5.82 Å². The van der Waals surface area contributed by atoms with Gasteiger partial charge >= 0.3 is 6.01 Å². The number of hydrogen-bond donors (Lipinski definition) is 1. The van der Waals surface area contributed by atoms with Crippen LogP contribution in [0.5, 0.6) is 11.8 Å². The van der Waals surface area contributed by atoms with Gasteiger partial charge in [-0.2, -0.15) is 4.98 Å². The summed E-state index contributed by atoms with van der Waals surface area (Å²) in [4.78, 5) is 10.7. The molecule has 0 spiro atoms. The van der Waals surface area contributed by atoms with Crippen molar-refractivity contribution in [3.8, 4) is 11.8 Å². The van der Waals surface area contributed by atoms with E-state index in [4.69, 9.17) is 9.47 Å². The number of aromatic nitrogens is 2. The normalized spacial score (nSPS) is 14.3. The summed E-state index contributed by atoms with van der Waals surface area (Å²) in [6, 6.07) is 3.41. The third-order valence-electron chi connectivity index (χ3n) is 4.78. The highest BCUT2D eigenvalue weighted by Crippen LogP contribution is 2.32. The van der Waals surface area contributed by atoms with Crippen molar-refractivity contribution in [3.05, 3.63) is 29.5 Å². The Labute approximate surface area is 159 Å². The second-order valence-corrected chi connectivity index (χ2v) is 8.06. The molecule has 1 saturated heterocycles. The summed E-state index contributed by atoms with van der Waals surface area (Å²) >= 11 is 0. The van der Waals surface area contributed by atoms with E-state index in [1.54, 1.807) is 26.2 Å². The molecule has 1 aliphatic heterocycles. The van der Waals surface area contributed by atoms with Crippen LogP contribution in [0, 0.1) is 13.8 Å². The Kier molecular flexibility index (Phi) is 5.41. The first-order chi connectivity index (χ1) is 12.9. The SMILES string of the molecule is COc1ncc(NS(=O)(=O)c2ccc(OC)c(C)c2C)c(N2CCCC2)n1. The van der Waals surface area contributed by atoms with Crippen LogP contribution in [0.1, 0.15) is 24.0 Å². The van der Waals surface area contributed by atoms with Gasteiger partial charge in [0.2, 0.25) is 0 Å². The molecular weight excluding hydrogens is 368 g/mol. The molecule has 0 atom stereocenters. The number of ether oxygens (including phenoxy) is 2. The lowest BCUT2D eigenvalue weighted by molar-refractivity contribution is 0.380. The smallest absolute Gasteiger partial charge is 0.318 e. The average Bonchev–Trinajstić information content (AvgIpc) is 3.18. The van der Waals surface area contributed by atoms with Gasteiger partial charge in [-0.25, -0.2) is 13.4 Å². The van der Waals surface area contributed by atoms with Gasteiger partial charge in [-0.1, -0.05) is 0 Å². The van der Waals surface area contributed by atoms with Crippen LogP contribution in [-0.4, -0.2) is 45.7 Å². The monoisotopic (exact) mass is 392 g/mol. The van der Waals surface area contributed by atoms with E-state index >= 15 is 0 Å². The van der Waals surface area contributed by atoms with Crippen molar-refractivity contribution in [2.24, 2.45) is 0 Å². The zero-order valence-corrected chi connectivity index (χ0v) is 16.8. The minimum absolute atomic E-state index is 0.198. The third kappa shape index (κ3) is 3.78. The van der Waals surface area contributed by atoms with Crippen LogP contribution in [0.2, 0.25) is 0 Å². The van der Waals surface area contributed by atoms with E-state index in [-0.39, 0.29) is 10.9 Å². The van der Waals surface area contributed by atoms with Crippen LogP contribution < -0.4 is 19.1 Å². The number of methoxy groups -OCH3 is 2. The second kappa shape index (κ2) is 7.59. The van der Waals surface area contributed by atoms with Crippen molar-refractivity contribution in [1.29, 1.82) is 0 Å². The summed E-state index contributed by atoms with van der Waals surface area (Å²) in [5.41, 5.74) is 1.76. The van der Waals surface area contributed by atoms with Crippen LogP contribution in [0.15, 0.2) is 23.2 Å². The maximum atomic E-state index is 13.0. The van der Waals surface area contributed by atoms with Crippen LogP contribution in [0.25, 0.3) is 0 Å². The molecule has 9 heteroatoms. The minimum atomic E-state index is -3.82. The van der Waals surface area contributed by atoms with Crippen molar-refractivity contribution < 1.29 is 17.9 Å². The molecule has 146 valence electrons. The van der Waals surface area contributed by atoms with Gasteiger partial charge in [-0.15, -0.1) is 0 Å². The predicted molar refractivity (Wildman–Crippen MR) is 103 cm³/mol. The Morgan fingerprint density at radius 2 is 1.78 bits per heavy atom. The van der Waals surface area contributed by atoms with Crippen molar-refractivity contribution in [3.63, 3.8) is 0 Å². The van der Waals surface area contributed by atoms with Gasteiger partial charge in [-0.05, 0) is 49.9 Å². The van der Waals surface area contributed by atoms with Crippen molar-refractivity contribution in [2.45, 2.75) is 31.6 Å². The van der Waals surface area contributed by atoms with Gasteiger partial charge in [0.1, 0.15) is 11.4 Å². The summed E-state index contributed by atoms with van der Waals surface area (Å²) in [7, 11) is -0.773. The molecule has 1 N–H and O–H groups in total. The van der Waals surface area contributed by atoms with Gasteiger partial charge in [0.25, 0.3) is 10.0 Å². The highest BCUT2D eigenvalue weighted by atomic mass is 32.2. The van der Waals surface area contributed by atoms with Crippen LogP contribution in [0.3, 0.4) is 0 Å². The molecule has 0 saturated carbocycles. The maximum Gasteiger partial charge on any atom is 0.318 e. The topological polar surface area (TPSA) is 93.6 Å². The fourth-order valence-corrected chi connectivity index (χ4v) is 4.53. The molecular formula is C18H24N4O4S. The quantitative estimate of drug-likeness (QED) is 0.807. The first-order valence-electron chi connectivity index (χ1n) is 8.70. The average molecular weight is 392 g/mol. The lowest BCUT2D eigenvalue weighted by atomic mass is 10.1. The second-order valence-electron chi connectivity index (χ2n) is 6.41. The number of rotatable bonds is 6. The third-order valence-corrected chi connectivity index (χ3v) is 6.29. The van der Waals surface area contributed by atoms with E-state index in [9.17, 15) is 8.42 Å². The minimum Gasteiger partial charge on any atom is -0.496 e. The van der Waals surface area contributed by atoms with Gasteiger partial charge in [0, 0.05) is 13.1 Å². The summed E-state index contributed by atoms with van der Waals surface area (Å²) in [6.45, 7) is 5.22. The molecule has 1 aliphatic rings. The largest absolute Gasteiger partial charge is 0.496 e. The number of benzene rings is 1. The predicted octanol–water partition coefficient (Wildman–Crippen LogP) is 2.51. The van der Waals surface area contributed by atoms with E-state index in [1.165, 1.54) is 13.3 Å². The molecule has 2 heterocycles. The summed E-state index contributed by atoms with van der Waals surface area (Å²) < 4.78 is 39.1. The van der Waals surface area contributed by atoms with E-state index < -0.39 is 10.0 Å². The van der Waals surface area contributed by atoms with E-state index in [1.807, 2.05) is 11.8 Å². The summed E-state index contributed by atoms with van der Waals surface area (Å²) in [6.07, 6.45) is 3.52. The lowest BCUT2D eigenvalue weighted by Crippen LogP contribution is -2.23. The molecule has 8 nitrogen and oxygen atoms in total. The molecule has 2 aromatic rings.